The first kappa shape index (κ1) is 16.9. The fourth-order valence-corrected chi connectivity index (χ4v) is 2.94. The molecule has 0 heterocycles. The molecule has 0 aliphatic rings. The minimum absolute atomic E-state index is 0.129. The third-order valence-electron chi connectivity index (χ3n) is 3.11. The van der Waals surface area contributed by atoms with Crippen LogP contribution in [0.2, 0.25) is 0 Å². The quantitative estimate of drug-likeness (QED) is 0.686. The van der Waals surface area contributed by atoms with E-state index in [9.17, 15) is 8.42 Å². The van der Waals surface area contributed by atoms with Crippen LogP contribution in [0.1, 0.15) is 33.6 Å². The maximum absolute atomic E-state index is 11.4. The summed E-state index contributed by atoms with van der Waals surface area (Å²) in [5.74, 6) is 0.922. The van der Waals surface area contributed by atoms with Gasteiger partial charge in [-0.25, -0.2) is 8.42 Å². The number of likely N-dealkylation sites (N-methyl/N-ethyl adjacent to an activating group) is 1. The van der Waals surface area contributed by atoms with Crippen molar-refractivity contribution in [3.63, 3.8) is 0 Å². The molecule has 5 heteroatoms. The van der Waals surface area contributed by atoms with Crippen molar-refractivity contribution in [3.05, 3.63) is 0 Å². The number of methoxy groups -OCH3 is 1. The van der Waals surface area contributed by atoms with Crippen LogP contribution in [-0.2, 0) is 14.6 Å². The molecule has 0 saturated heterocycles. The summed E-state index contributed by atoms with van der Waals surface area (Å²) in [5, 5.41) is 3.22. The van der Waals surface area contributed by atoms with Gasteiger partial charge in [-0.15, -0.1) is 0 Å². The van der Waals surface area contributed by atoms with E-state index in [1.807, 2.05) is 7.05 Å². The van der Waals surface area contributed by atoms with Crippen molar-refractivity contribution < 1.29 is 13.2 Å². The fraction of sp³-hybridized carbons (Fsp3) is 1.00. The van der Waals surface area contributed by atoms with Gasteiger partial charge < -0.3 is 10.1 Å². The molecule has 0 bridgehead atoms. The molecule has 1 N–H and O–H groups in total. The van der Waals surface area contributed by atoms with Gasteiger partial charge in [-0.1, -0.05) is 20.8 Å². The summed E-state index contributed by atoms with van der Waals surface area (Å²) < 4.78 is 28.2. The first-order chi connectivity index (χ1) is 7.87. The van der Waals surface area contributed by atoms with E-state index < -0.39 is 9.84 Å². The van der Waals surface area contributed by atoms with E-state index in [1.165, 1.54) is 0 Å². The maximum atomic E-state index is 11.4. The number of sulfone groups is 1. The van der Waals surface area contributed by atoms with Crippen LogP contribution in [0, 0.1) is 5.92 Å². The van der Waals surface area contributed by atoms with E-state index in [0.29, 0.717) is 12.3 Å². The molecular weight excluding hydrogens is 238 g/mol. The molecule has 0 aromatic heterocycles. The van der Waals surface area contributed by atoms with E-state index in [-0.39, 0.29) is 23.7 Å². The first-order valence-electron chi connectivity index (χ1n) is 6.28. The number of ether oxygens (including phenoxy) is 1. The molecular formula is C12H27NO3S. The van der Waals surface area contributed by atoms with Crippen molar-refractivity contribution in [2.75, 3.05) is 25.7 Å². The van der Waals surface area contributed by atoms with Crippen LogP contribution in [0.25, 0.3) is 0 Å². The largest absolute Gasteiger partial charge is 0.380 e. The third-order valence-corrected chi connectivity index (χ3v) is 4.90. The lowest BCUT2D eigenvalue weighted by atomic mass is 9.96. The lowest BCUT2D eigenvalue weighted by molar-refractivity contribution is 0.0327. The molecule has 0 fully saturated rings. The minimum Gasteiger partial charge on any atom is -0.380 e. The second kappa shape index (κ2) is 8.06. The Kier molecular flexibility index (Phi) is 8.00. The molecule has 0 amide bonds. The van der Waals surface area contributed by atoms with Crippen LogP contribution < -0.4 is 5.32 Å². The Morgan fingerprint density at radius 2 is 1.88 bits per heavy atom. The van der Waals surface area contributed by atoms with Gasteiger partial charge >= 0.3 is 0 Å². The van der Waals surface area contributed by atoms with E-state index in [1.54, 1.807) is 14.0 Å². The Morgan fingerprint density at radius 1 is 1.29 bits per heavy atom. The Balaban J connectivity index is 4.23. The van der Waals surface area contributed by atoms with Gasteiger partial charge in [-0.05, 0) is 25.8 Å². The smallest absolute Gasteiger partial charge is 0.150 e. The van der Waals surface area contributed by atoms with E-state index in [4.69, 9.17) is 4.74 Å². The summed E-state index contributed by atoms with van der Waals surface area (Å²) >= 11 is 0. The first-order valence-corrected chi connectivity index (χ1v) is 8.10. The van der Waals surface area contributed by atoms with Crippen molar-refractivity contribution in [1.82, 2.24) is 5.32 Å². The minimum atomic E-state index is -2.84. The highest BCUT2D eigenvalue weighted by Gasteiger charge is 2.23. The van der Waals surface area contributed by atoms with Gasteiger partial charge in [0.2, 0.25) is 0 Å². The Hall–Kier alpha value is -0.130. The van der Waals surface area contributed by atoms with Crippen molar-refractivity contribution in [3.8, 4) is 0 Å². The van der Waals surface area contributed by atoms with Gasteiger partial charge in [-0.2, -0.15) is 0 Å². The van der Waals surface area contributed by atoms with Gasteiger partial charge in [-0.3, -0.25) is 0 Å². The normalized spacial score (nSPS) is 16.1. The molecule has 0 aromatic carbocycles. The zero-order valence-corrected chi connectivity index (χ0v) is 12.5. The highest BCUT2D eigenvalue weighted by Crippen LogP contribution is 2.14. The highest BCUT2D eigenvalue weighted by molar-refractivity contribution is 7.91. The average molecular weight is 265 g/mol. The second-order valence-electron chi connectivity index (χ2n) is 4.72. The van der Waals surface area contributed by atoms with Gasteiger partial charge in [0.15, 0.2) is 0 Å². The predicted molar refractivity (Wildman–Crippen MR) is 72.0 cm³/mol. The average Bonchev–Trinajstić information content (AvgIpc) is 2.27. The third kappa shape index (κ3) is 6.38. The predicted octanol–water partition coefficient (Wildman–Crippen LogP) is 1.46. The van der Waals surface area contributed by atoms with Crippen molar-refractivity contribution in [2.24, 2.45) is 5.92 Å². The van der Waals surface area contributed by atoms with E-state index in [0.717, 1.165) is 6.42 Å². The molecule has 104 valence electrons. The highest BCUT2D eigenvalue weighted by atomic mass is 32.2. The number of hydrogen-bond donors (Lipinski definition) is 1. The van der Waals surface area contributed by atoms with Crippen LogP contribution in [0.3, 0.4) is 0 Å². The molecule has 0 aliphatic heterocycles. The van der Waals surface area contributed by atoms with Crippen LogP contribution in [0.4, 0.5) is 0 Å². The van der Waals surface area contributed by atoms with Gasteiger partial charge in [0.05, 0.1) is 11.9 Å². The Morgan fingerprint density at radius 3 is 2.24 bits per heavy atom. The molecule has 0 aliphatic carbocycles. The summed E-state index contributed by atoms with van der Waals surface area (Å²) in [5.41, 5.74) is 0. The topological polar surface area (TPSA) is 55.4 Å². The summed E-state index contributed by atoms with van der Waals surface area (Å²) in [7, 11) is 0.758. The fourth-order valence-electron chi connectivity index (χ4n) is 2.04. The molecule has 0 aromatic rings. The zero-order chi connectivity index (χ0) is 13.5. The number of hydrogen-bond acceptors (Lipinski definition) is 4. The molecule has 4 nitrogen and oxygen atoms in total. The Labute approximate surface area is 106 Å². The van der Waals surface area contributed by atoms with Gasteiger partial charge in [0.1, 0.15) is 9.84 Å². The van der Waals surface area contributed by atoms with Crippen LogP contribution in [0.15, 0.2) is 0 Å². The number of nitrogens with one attached hydrogen (secondary N) is 1. The van der Waals surface area contributed by atoms with E-state index in [2.05, 4.69) is 19.2 Å². The lowest BCUT2D eigenvalue weighted by Crippen LogP contribution is -2.42. The Bertz CT molecular complexity index is 288. The molecule has 0 rings (SSSR count). The van der Waals surface area contributed by atoms with Crippen LogP contribution in [-0.4, -0.2) is 46.2 Å². The van der Waals surface area contributed by atoms with Crippen LogP contribution >= 0.6 is 0 Å². The van der Waals surface area contributed by atoms with Crippen LogP contribution in [0.5, 0.6) is 0 Å². The molecule has 0 spiro atoms. The molecule has 17 heavy (non-hydrogen) atoms. The molecule has 0 saturated carbocycles. The van der Waals surface area contributed by atoms with Crippen molar-refractivity contribution in [1.29, 1.82) is 0 Å². The summed E-state index contributed by atoms with van der Waals surface area (Å²) in [6.07, 6.45) is 1.64. The SMILES string of the molecule is CCS(=O)(=O)CCCC(NC)C(OC)C(C)C. The molecule has 2 atom stereocenters. The lowest BCUT2D eigenvalue weighted by Gasteiger charge is -2.28. The zero-order valence-electron chi connectivity index (χ0n) is 11.7. The van der Waals surface area contributed by atoms with Crippen molar-refractivity contribution >= 4 is 9.84 Å². The second-order valence-corrected chi connectivity index (χ2v) is 7.19. The summed E-state index contributed by atoms with van der Waals surface area (Å²) in [6, 6.07) is 0.215. The van der Waals surface area contributed by atoms with E-state index >= 15 is 0 Å². The number of rotatable bonds is 9. The monoisotopic (exact) mass is 265 g/mol. The summed E-state index contributed by atoms with van der Waals surface area (Å²) in [4.78, 5) is 0. The van der Waals surface area contributed by atoms with Crippen molar-refractivity contribution in [2.45, 2.75) is 45.8 Å². The van der Waals surface area contributed by atoms with Gasteiger partial charge in [0, 0.05) is 18.9 Å². The maximum Gasteiger partial charge on any atom is 0.150 e. The van der Waals surface area contributed by atoms with Gasteiger partial charge in [0.25, 0.3) is 0 Å². The molecule has 2 unspecified atom stereocenters. The standard InChI is InChI=1S/C12H27NO3S/c1-6-17(14,15)9-7-8-11(13-4)12(16-5)10(2)3/h10-13H,6-9H2,1-5H3. The summed E-state index contributed by atoms with van der Waals surface area (Å²) in [6.45, 7) is 5.92. The molecule has 0 radical (unpaired) electrons.